The fraction of sp³-hybridized carbons (Fsp3) is 0.400. The molecule has 0 aliphatic rings. The molecule has 114 valence electrons. The molecular formula is C15H18F3N3. The predicted molar refractivity (Wildman–Crippen MR) is 74.8 cm³/mol. The molecule has 2 rings (SSSR count). The van der Waals surface area contributed by atoms with E-state index in [9.17, 15) is 13.2 Å². The number of halogens is 3. The Labute approximate surface area is 121 Å². The van der Waals surface area contributed by atoms with Gasteiger partial charge >= 0.3 is 6.18 Å². The molecule has 1 unspecified atom stereocenters. The van der Waals surface area contributed by atoms with E-state index >= 15 is 0 Å². The molecule has 0 amide bonds. The van der Waals surface area contributed by atoms with Gasteiger partial charge in [0, 0.05) is 13.2 Å². The second-order valence-corrected chi connectivity index (χ2v) is 4.89. The van der Waals surface area contributed by atoms with E-state index in [1.165, 1.54) is 12.1 Å². The molecule has 1 atom stereocenters. The lowest BCUT2D eigenvalue weighted by Crippen LogP contribution is -2.25. The zero-order valence-corrected chi connectivity index (χ0v) is 12.0. The molecule has 0 bridgehead atoms. The van der Waals surface area contributed by atoms with Crippen molar-refractivity contribution in [2.24, 2.45) is 7.05 Å². The summed E-state index contributed by atoms with van der Waals surface area (Å²) in [5, 5.41) is 7.47. The van der Waals surface area contributed by atoms with E-state index in [1.807, 2.05) is 20.0 Å². The van der Waals surface area contributed by atoms with Crippen molar-refractivity contribution in [1.82, 2.24) is 15.1 Å². The van der Waals surface area contributed by atoms with Gasteiger partial charge in [0.15, 0.2) is 0 Å². The highest BCUT2D eigenvalue weighted by molar-refractivity contribution is 5.26. The van der Waals surface area contributed by atoms with Gasteiger partial charge in [-0.05, 0) is 36.7 Å². The fourth-order valence-electron chi connectivity index (χ4n) is 2.32. The normalized spacial score (nSPS) is 13.4. The molecule has 0 fully saturated rings. The lowest BCUT2D eigenvalue weighted by atomic mass is 10.0. The highest BCUT2D eigenvalue weighted by Crippen LogP contribution is 2.29. The first-order valence-corrected chi connectivity index (χ1v) is 6.79. The minimum Gasteiger partial charge on any atom is -0.309 e. The van der Waals surface area contributed by atoms with E-state index in [4.69, 9.17) is 0 Å². The van der Waals surface area contributed by atoms with Crippen LogP contribution in [0, 0.1) is 0 Å². The average Bonchev–Trinajstić information content (AvgIpc) is 2.84. The minimum atomic E-state index is -4.29. The van der Waals surface area contributed by atoms with Crippen LogP contribution in [0.5, 0.6) is 0 Å². The van der Waals surface area contributed by atoms with Gasteiger partial charge in [-0.25, -0.2) is 0 Å². The molecule has 0 aliphatic heterocycles. The topological polar surface area (TPSA) is 29.9 Å². The van der Waals surface area contributed by atoms with Gasteiger partial charge in [0.1, 0.15) is 0 Å². The monoisotopic (exact) mass is 297 g/mol. The number of hydrogen-bond donors (Lipinski definition) is 1. The van der Waals surface area contributed by atoms with Crippen molar-refractivity contribution in [3.8, 4) is 0 Å². The van der Waals surface area contributed by atoms with Crippen molar-refractivity contribution >= 4 is 0 Å². The molecule has 0 saturated carbocycles. The number of likely N-dealkylation sites (N-methyl/N-ethyl adjacent to an activating group) is 1. The number of hydrogen-bond acceptors (Lipinski definition) is 2. The van der Waals surface area contributed by atoms with Crippen LogP contribution in [0.3, 0.4) is 0 Å². The van der Waals surface area contributed by atoms with Crippen LogP contribution in [0.2, 0.25) is 0 Å². The molecule has 1 aromatic carbocycles. The molecule has 0 saturated heterocycles. The first kappa shape index (κ1) is 15.6. The number of benzene rings is 1. The van der Waals surface area contributed by atoms with Crippen LogP contribution >= 0.6 is 0 Å². The Kier molecular flexibility index (Phi) is 4.67. The quantitative estimate of drug-likeness (QED) is 0.917. The molecule has 0 spiro atoms. The highest BCUT2D eigenvalue weighted by Gasteiger charge is 2.30. The van der Waals surface area contributed by atoms with Gasteiger partial charge in [-0.2, -0.15) is 18.3 Å². The summed E-state index contributed by atoms with van der Waals surface area (Å²) < 4.78 is 39.4. The van der Waals surface area contributed by atoms with Crippen molar-refractivity contribution in [1.29, 1.82) is 0 Å². The number of nitrogens with one attached hydrogen (secondary N) is 1. The maximum atomic E-state index is 12.6. The zero-order valence-electron chi connectivity index (χ0n) is 12.0. The van der Waals surface area contributed by atoms with Crippen molar-refractivity contribution in [3.05, 3.63) is 53.3 Å². The lowest BCUT2D eigenvalue weighted by molar-refractivity contribution is -0.137. The molecule has 1 aromatic heterocycles. The Hall–Kier alpha value is -1.82. The van der Waals surface area contributed by atoms with E-state index in [0.29, 0.717) is 6.42 Å². The Balaban J connectivity index is 2.16. The van der Waals surface area contributed by atoms with Crippen LogP contribution in [-0.2, 0) is 19.6 Å². The summed E-state index contributed by atoms with van der Waals surface area (Å²) in [6.45, 7) is 2.77. The summed E-state index contributed by atoms with van der Waals surface area (Å²) in [5.74, 6) is 0. The number of alkyl halides is 3. The number of rotatable bonds is 5. The van der Waals surface area contributed by atoms with Gasteiger partial charge in [0.25, 0.3) is 0 Å². The lowest BCUT2D eigenvalue weighted by Gasteiger charge is -2.18. The summed E-state index contributed by atoms with van der Waals surface area (Å²) in [5.41, 5.74) is 1.25. The van der Waals surface area contributed by atoms with Crippen LogP contribution in [0.15, 0.2) is 36.5 Å². The average molecular weight is 297 g/mol. The fourth-order valence-corrected chi connectivity index (χ4v) is 2.32. The second-order valence-electron chi connectivity index (χ2n) is 4.89. The SMILES string of the molecule is CCNC(Cc1ccc(C(F)(F)F)cc1)c1ccnn1C. The molecule has 0 aliphatic carbocycles. The predicted octanol–water partition coefficient (Wildman–Crippen LogP) is 3.33. The van der Waals surface area contributed by atoms with E-state index < -0.39 is 11.7 Å². The van der Waals surface area contributed by atoms with Crippen LogP contribution in [0.1, 0.15) is 29.8 Å². The van der Waals surface area contributed by atoms with Crippen molar-refractivity contribution in [2.75, 3.05) is 6.54 Å². The summed E-state index contributed by atoms with van der Waals surface area (Å²) in [6, 6.07) is 7.26. The Morgan fingerprint density at radius 3 is 2.33 bits per heavy atom. The van der Waals surface area contributed by atoms with Gasteiger partial charge in [0.2, 0.25) is 0 Å². The standard InChI is InChI=1S/C15H18F3N3/c1-3-19-13(14-8-9-20-21(14)2)10-11-4-6-12(7-5-11)15(16,17)18/h4-9,13,19H,3,10H2,1-2H3. The van der Waals surface area contributed by atoms with Gasteiger partial charge < -0.3 is 5.32 Å². The van der Waals surface area contributed by atoms with Crippen LogP contribution < -0.4 is 5.32 Å². The maximum absolute atomic E-state index is 12.6. The van der Waals surface area contributed by atoms with E-state index in [-0.39, 0.29) is 6.04 Å². The summed E-state index contributed by atoms with van der Waals surface area (Å²) in [6.07, 6.45) is -1.96. The molecule has 3 nitrogen and oxygen atoms in total. The first-order valence-electron chi connectivity index (χ1n) is 6.79. The van der Waals surface area contributed by atoms with Gasteiger partial charge in [-0.1, -0.05) is 19.1 Å². The third kappa shape index (κ3) is 3.85. The highest BCUT2D eigenvalue weighted by atomic mass is 19.4. The third-order valence-corrected chi connectivity index (χ3v) is 3.39. The van der Waals surface area contributed by atoms with Crippen molar-refractivity contribution in [3.63, 3.8) is 0 Å². The molecule has 6 heteroatoms. The van der Waals surface area contributed by atoms with E-state index in [2.05, 4.69) is 10.4 Å². The zero-order chi connectivity index (χ0) is 15.5. The minimum absolute atomic E-state index is 0.0271. The smallest absolute Gasteiger partial charge is 0.309 e. The Morgan fingerprint density at radius 2 is 1.86 bits per heavy atom. The number of aryl methyl sites for hydroxylation is 1. The van der Waals surface area contributed by atoms with E-state index in [1.54, 1.807) is 10.9 Å². The number of aromatic nitrogens is 2. The molecule has 2 aromatic rings. The van der Waals surface area contributed by atoms with Gasteiger partial charge in [-0.3, -0.25) is 4.68 Å². The molecule has 0 radical (unpaired) electrons. The maximum Gasteiger partial charge on any atom is 0.416 e. The first-order chi connectivity index (χ1) is 9.91. The van der Waals surface area contributed by atoms with Crippen LogP contribution in [0.4, 0.5) is 13.2 Å². The third-order valence-electron chi connectivity index (χ3n) is 3.39. The summed E-state index contributed by atoms with van der Waals surface area (Å²) in [4.78, 5) is 0. The van der Waals surface area contributed by atoms with Gasteiger partial charge in [-0.15, -0.1) is 0 Å². The number of nitrogens with zero attached hydrogens (tertiary/aromatic N) is 2. The summed E-state index contributed by atoms with van der Waals surface area (Å²) in [7, 11) is 1.85. The molecule has 1 N–H and O–H groups in total. The summed E-state index contributed by atoms with van der Waals surface area (Å²) >= 11 is 0. The van der Waals surface area contributed by atoms with Crippen molar-refractivity contribution in [2.45, 2.75) is 25.6 Å². The largest absolute Gasteiger partial charge is 0.416 e. The van der Waals surface area contributed by atoms with E-state index in [0.717, 1.165) is 29.9 Å². The second kappa shape index (κ2) is 6.30. The molecule has 1 heterocycles. The molecule has 21 heavy (non-hydrogen) atoms. The van der Waals surface area contributed by atoms with Crippen LogP contribution in [0.25, 0.3) is 0 Å². The van der Waals surface area contributed by atoms with Crippen molar-refractivity contribution < 1.29 is 13.2 Å². The molecular weight excluding hydrogens is 279 g/mol. The van der Waals surface area contributed by atoms with Gasteiger partial charge in [0.05, 0.1) is 17.3 Å². The van der Waals surface area contributed by atoms with Crippen LogP contribution in [-0.4, -0.2) is 16.3 Å². The Morgan fingerprint density at radius 1 is 1.19 bits per heavy atom. The Bertz CT molecular complexity index is 573.